The third-order valence-electron chi connectivity index (χ3n) is 4.53. The lowest BCUT2D eigenvalue weighted by Crippen LogP contribution is -2.33. The van der Waals surface area contributed by atoms with Crippen molar-refractivity contribution in [2.45, 2.75) is 31.2 Å². The molecular formula is C22H24N2O2S. The maximum Gasteiger partial charge on any atom is 0.243 e. The molecule has 0 spiro atoms. The quantitative estimate of drug-likeness (QED) is 0.592. The van der Waals surface area contributed by atoms with Crippen molar-refractivity contribution >= 4 is 10.0 Å². The Labute approximate surface area is 161 Å². The highest BCUT2D eigenvalue weighted by molar-refractivity contribution is 7.89. The zero-order chi connectivity index (χ0) is 19.1. The van der Waals surface area contributed by atoms with Crippen LogP contribution in [0, 0.1) is 0 Å². The van der Waals surface area contributed by atoms with Gasteiger partial charge in [-0.1, -0.05) is 55.5 Å². The van der Waals surface area contributed by atoms with E-state index in [4.69, 9.17) is 0 Å². The molecule has 0 saturated carbocycles. The van der Waals surface area contributed by atoms with Crippen LogP contribution in [-0.4, -0.2) is 24.3 Å². The molecule has 27 heavy (non-hydrogen) atoms. The molecule has 0 amide bonds. The van der Waals surface area contributed by atoms with Crippen molar-refractivity contribution in [3.05, 3.63) is 95.8 Å². The van der Waals surface area contributed by atoms with Gasteiger partial charge in [0, 0.05) is 12.7 Å². The van der Waals surface area contributed by atoms with Crippen LogP contribution < -0.4 is 0 Å². The molecule has 0 aliphatic heterocycles. The minimum Gasteiger partial charge on any atom is -0.260 e. The number of aromatic nitrogens is 1. The van der Waals surface area contributed by atoms with Crippen molar-refractivity contribution in [1.29, 1.82) is 0 Å². The molecule has 0 bridgehead atoms. The average Bonchev–Trinajstić information content (AvgIpc) is 2.72. The molecule has 1 heterocycles. The number of pyridine rings is 1. The van der Waals surface area contributed by atoms with Gasteiger partial charge in [-0.3, -0.25) is 4.98 Å². The monoisotopic (exact) mass is 380 g/mol. The summed E-state index contributed by atoms with van der Waals surface area (Å²) in [5, 5.41) is 0. The van der Waals surface area contributed by atoms with Gasteiger partial charge in [-0.2, -0.15) is 4.31 Å². The number of aryl methyl sites for hydroxylation is 1. The smallest absolute Gasteiger partial charge is 0.243 e. The number of rotatable bonds is 8. The number of nitrogens with zero attached hydrogens (tertiary/aromatic N) is 2. The van der Waals surface area contributed by atoms with E-state index in [1.165, 1.54) is 4.31 Å². The molecule has 3 aromatic rings. The van der Waals surface area contributed by atoms with Crippen molar-refractivity contribution in [2.24, 2.45) is 0 Å². The fourth-order valence-corrected chi connectivity index (χ4v) is 4.31. The molecule has 0 saturated heterocycles. The standard InChI is InChI=1S/C22H24N2O2S/c1-2-19-11-13-22(14-12-19)27(25,26)24(18-21-10-6-7-16-23-21)17-15-20-8-4-3-5-9-20/h3-14,16H,2,15,17-18H2,1H3. The third-order valence-corrected chi connectivity index (χ3v) is 6.39. The van der Waals surface area contributed by atoms with Gasteiger partial charge >= 0.3 is 0 Å². The molecule has 0 atom stereocenters. The fourth-order valence-electron chi connectivity index (χ4n) is 2.90. The highest BCUT2D eigenvalue weighted by Crippen LogP contribution is 2.19. The van der Waals surface area contributed by atoms with Crippen molar-refractivity contribution in [3.8, 4) is 0 Å². The lowest BCUT2D eigenvalue weighted by Gasteiger charge is -2.22. The number of sulfonamides is 1. The molecular weight excluding hydrogens is 356 g/mol. The normalized spacial score (nSPS) is 11.6. The molecule has 0 aliphatic rings. The summed E-state index contributed by atoms with van der Waals surface area (Å²) in [4.78, 5) is 4.62. The summed E-state index contributed by atoms with van der Waals surface area (Å²) < 4.78 is 28.0. The first-order valence-electron chi connectivity index (χ1n) is 9.12. The number of benzene rings is 2. The van der Waals surface area contributed by atoms with Crippen LogP contribution in [0.5, 0.6) is 0 Å². The molecule has 0 unspecified atom stereocenters. The van der Waals surface area contributed by atoms with Crippen LogP contribution in [0.2, 0.25) is 0 Å². The minimum atomic E-state index is -3.60. The Balaban J connectivity index is 1.86. The Bertz CT molecular complexity index is 941. The first-order valence-corrected chi connectivity index (χ1v) is 10.6. The molecule has 5 heteroatoms. The molecule has 3 rings (SSSR count). The average molecular weight is 381 g/mol. The van der Waals surface area contributed by atoms with Gasteiger partial charge in [0.15, 0.2) is 0 Å². The summed E-state index contributed by atoms with van der Waals surface area (Å²) in [6.07, 6.45) is 3.22. The highest BCUT2D eigenvalue weighted by Gasteiger charge is 2.24. The van der Waals surface area contributed by atoms with E-state index in [2.05, 4.69) is 11.9 Å². The van der Waals surface area contributed by atoms with Crippen LogP contribution in [0.3, 0.4) is 0 Å². The second kappa shape index (κ2) is 8.93. The van der Waals surface area contributed by atoms with Crippen LogP contribution >= 0.6 is 0 Å². The van der Waals surface area contributed by atoms with Crippen LogP contribution in [0.25, 0.3) is 0 Å². The zero-order valence-electron chi connectivity index (χ0n) is 15.5. The van der Waals surface area contributed by atoms with Gasteiger partial charge in [0.05, 0.1) is 17.1 Å². The van der Waals surface area contributed by atoms with Crippen molar-refractivity contribution in [3.63, 3.8) is 0 Å². The Kier molecular flexibility index (Phi) is 6.37. The van der Waals surface area contributed by atoms with Crippen LogP contribution in [-0.2, 0) is 29.4 Å². The molecule has 0 aliphatic carbocycles. The largest absolute Gasteiger partial charge is 0.260 e. The predicted octanol–water partition coefficient (Wildman–Crippen LogP) is 4.08. The van der Waals surface area contributed by atoms with E-state index >= 15 is 0 Å². The van der Waals surface area contributed by atoms with E-state index in [9.17, 15) is 8.42 Å². The first-order chi connectivity index (χ1) is 13.1. The molecule has 140 valence electrons. The summed E-state index contributed by atoms with van der Waals surface area (Å²) in [7, 11) is -3.60. The minimum absolute atomic E-state index is 0.255. The Hall–Kier alpha value is -2.50. The van der Waals surface area contributed by atoms with Crippen molar-refractivity contribution in [2.75, 3.05) is 6.54 Å². The van der Waals surface area contributed by atoms with Gasteiger partial charge in [-0.25, -0.2) is 8.42 Å². The van der Waals surface area contributed by atoms with Gasteiger partial charge in [0.25, 0.3) is 0 Å². The SMILES string of the molecule is CCc1ccc(S(=O)(=O)N(CCc2ccccc2)Cc2ccccn2)cc1. The summed E-state index contributed by atoms with van der Waals surface area (Å²) in [6, 6.07) is 22.6. The van der Waals surface area contributed by atoms with Gasteiger partial charge in [0.1, 0.15) is 0 Å². The van der Waals surface area contributed by atoms with Crippen molar-refractivity contribution < 1.29 is 8.42 Å². The van der Waals surface area contributed by atoms with E-state index in [1.54, 1.807) is 18.3 Å². The third kappa shape index (κ3) is 5.02. The van der Waals surface area contributed by atoms with E-state index in [-0.39, 0.29) is 6.54 Å². The Morgan fingerprint density at radius 3 is 2.19 bits per heavy atom. The van der Waals surface area contributed by atoms with E-state index in [0.29, 0.717) is 17.9 Å². The Morgan fingerprint density at radius 1 is 0.852 bits per heavy atom. The topological polar surface area (TPSA) is 50.3 Å². The highest BCUT2D eigenvalue weighted by atomic mass is 32.2. The lowest BCUT2D eigenvalue weighted by molar-refractivity contribution is 0.405. The zero-order valence-corrected chi connectivity index (χ0v) is 16.3. The van der Waals surface area contributed by atoms with E-state index in [1.807, 2.05) is 60.7 Å². The summed E-state index contributed by atoms with van der Waals surface area (Å²) in [5.41, 5.74) is 2.97. The van der Waals surface area contributed by atoms with Gasteiger partial charge in [-0.05, 0) is 48.2 Å². The second-order valence-corrected chi connectivity index (χ2v) is 8.33. The maximum absolute atomic E-state index is 13.3. The molecule has 2 aromatic carbocycles. The number of hydrogen-bond acceptors (Lipinski definition) is 3. The van der Waals surface area contributed by atoms with E-state index < -0.39 is 10.0 Å². The van der Waals surface area contributed by atoms with Gasteiger partial charge < -0.3 is 0 Å². The predicted molar refractivity (Wildman–Crippen MR) is 108 cm³/mol. The first kappa shape index (κ1) is 19.3. The van der Waals surface area contributed by atoms with Gasteiger partial charge in [-0.15, -0.1) is 0 Å². The fraction of sp³-hybridized carbons (Fsp3) is 0.227. The van der Waals surface area contributed by atoms with Gasteiger partial charge in [0.2, 0.25) is 10.0 Å². The second-order valence-electron chi connectivity index (χ2n) is 6.39. The number of hydrogen-bond donors (Lipinski definition) is 0. The van der Waals surface area contributed by atoms with Crippen LogP contribution in [0.1, 0.15) is 23.7 Å². The molecule has 0 N–H and O–H groups in total. The summed E-state index contributed by atoms with van der Waals surface area (Å²) >= 11 is 0. The lowest BCUT2D eigenvalue weighted by atomic mass is 10.1. The molecule has 1 aromatic heterocycles. The van der Waals surface area contributed by atoms with Crippen molar-refractivity contribution in [1.82, 2.24) is 9.29 Å². The Morgan fingerprint density at radius 2 is 1.56 bits per heavy atom. The maximum atomic E-state index is 13.3. The van der Waals surface area contributed by atoms with Crippen LogP contribution in [0.4, 0.5) is 0 Å². The molecule has 0 radical (unpaired) electrons. The molecule has 0 fully saturated rings. The summed E-state index contributed by atoms with van der Waals surface area (Å²) in [6.45, 7) is 2.71. The van der Waals surface area contributed by atoms with E-state index in [0.717, 1.165) is 23.2 Å². The summed E-state index contributed by atoms with van der Waals surface area (Å²) in [5.74, 6) is 0. The van der Waals surface area contributed by atoms with Crippen LogP contribution in [0.15, 0.2) is 83.9 Å². The molecule has 4 nitrogen and oxygen atoms in total.